The van der Waals surface area contributed by atoms with E-state index in [1.54, 1.807) is 0 Å². The van der Waals surface area contributed by atoms with Crippen LogP contribution < -0.4 is 14.8 Å². The van der Waals surface area contributed by atoms with E-state index in [1.807, 2.05) is 0 Å². The molecule has 0 fully saturated rings. The lowest BCUT2D eigenvalue weighted by Gasteiger charge is -2.15. The van der Waals surface area contributed by atoms with E-state index in [2.05, 4.69) is 10.1 Å². The molecule has 0 aromatic heterocycles. The Kier molecular flexibility index (Phi) is 7.53. The van der Waals surface area contributed by atoms with Gasteiger partial charge in [0.25, 0.3) is 0 Å². The van der Waals surface area contributed by atoms with Crippen molar-refractivity contribution in [3.63, 3.8) is 0 Å². The van der Waals surface area contributed by atoms with Gasteiger partial charge >= 0.3 is 12.8 Å². The van der Waals surface area contributed by atoms with Crippen LogP contribution in [0.5, 0.6) is 11.5 Å². The zero-order valence-corrected chi connectivity index (χ0v) is 14.4. The first-order valence-corrected chi connectivity index (χ1v) is 8.08. The number of alkyl halides is 5. The SMILES string of the molecule is OCCNCc1ccc(OC(F)F)c(OCc2ccc(F)c(C(F)(F)F)c2)c1. The molecule has 2 rings (SSSR count). The highest BCUT2D eigenvalue weighted by molar-refractivity contribution is 5.43. The fourth-order valence-electron chi connectivity index (χ4n) is 2.32. The molecule has 0 unspecified atom stereocenters. The van der Waals surface area contributed by atoms with Crippen molar-refractivity contribution in [2.45, 2.75) is 25.9 Å². The van der Waals surface area contributed by atoms with Crippen molar-refractivity contribution in [1.29, 1.82) is 0 Å². The monoisotopic (exact) mass is 409 g/mol. The van der Waals surface area contributed by atoms with E-state index in [0.29, 0.717) is 30.8 Å². The number of rotatable bonds is 9. The Morgan fingerprint density at radius 2 is 1.71 bits per heavy atom. The predicted octanol–water partition coefficient (Wildman–Crippen LogP) is 4.11. The summed E-state index contributed by atoms with van der Waals surface area (Å²) in [6.45, 7) is -3.04. The molecule has 0 spiro atoms. The van der Waals surface area contributed by atoms with Gasteiger partial charge in [0, 0.05) is 13.1 Å². The van der Waals surface area contributed by atoms with Gasteiger partial charge in [-0.2, -0.15) is 22.0 Å². The first-order chi connectivity index (χ1) is 13.2. The van der Waals surface area contributed by atoms with Gasteiger partial charge in [-0.1, -0.05) is 12.1 Å². The van der Waals surface area contributed by atoms with Gasteiger partial charge in [-0.15, -0.1) is 0 Å². The van der Waals surface area contributed by atoms with Crippen molar-refractivity contribution in [3.05, 3.63) is 58.9 Å². The van der Waals surface area contributed by atoms with E-state index >= 15 is 0 Å². The summed E-state index contributed by atoms with van der Waals surface area (Å²) in [5.41, 5.74) is -0.833. The molecule has 0 heterocycles. The van der Waals surface area contributed by atoms with Gasteiger partial charge in [0.05, 0.1) is 12.2 Å². The molecule has 0 bridgehead atoms. The van der Waals surface area contributed by atoms with Crippen LogP contribution in [0.25, 0.3) is 0 Å². The molecule has 2 aromatic rings. The van der Waals surface area contributed by atoms with Crippen molar-refractivity contribution < 1.29 is 40.9 Å². The van der Waals surface area contributed by atoms with Gasteiger partial charge in [-0.3, -0.25) is 0 Å². The molecule has 0 saturated carbocycles. The van der Waals surface area contributed by atoms with Crippen LogP contribution in [0.2, 0.25) is 0 Å². The van der Waals surface area contributed by atoms with E-state index in [9.17, 15) is 26.3 Å². The minimum atomic E-state index is -4.87. The average molecular weight is 409 g/mol. The highest BCUT2D eigenvalue weighted by Gasteiger charge is 2.34. The molecular weight excluding hydrogens is 392 g/mol. The number of hydrogen-bond acceptors (Lipinski definition) is 4. The van der Waals surface area contributed by atoms with Gasteiger partial charge in [-0.05, 0) is 35.4 Å². The van der Waals surface area contributed by atoms with Crippen LogP contribution >= 0.6 is 0 Å². The number of nitrogens with one attached hydrogen (secondary N) is 1. The standard InChI is InChI=1S/C18H17F6NO3/c19-14-3-1-12(7-13(14)18(22,23)24)10-27-16-8-11(9-25-5-6-26)2-4-15(16)28-17(20)21/h1-4,7-8,17,25-26H,5-6,9-10H2. The number of halogens is 6. The molecule has 2 N–H and O–H groups in total. The summed E-state index contributed by atoms with van der Waals surface area (Å²) in [6, 6.07) is 6.47. The van der Waals surface area contributed by atoms with Crippen molar-refractivity contribution in [2.75, 3.05) is 13.2 Å². The fourth-order valence-corrected chi connectivity index (χ4v) is 2.32. The second-order valence-electron chi connectivity index (χ2n) is 5.66. The van der Waals surface area contributed by atoms with Crippen molar-refractivity contribution >= 4 is 0 Å². The Bertz CT molecular complexity index is 782. The predicted molar refractivity (Wildman–Crippen MR) is 87.6 cm³/mol. The Hall–Kier alpha value is -2.46. The summed E-state index contributed by atoms with van der Waals surface area (Å²) in [7, 11) is 0. The molecule has 0 atom stereocenters. The molecule has 0 aliphatic heterocycles. The summed E-state index contributed by atoms with van der Waals surface area (Å²) in [6.07, 6.45) is -4.87. The summed E-state index contributed by atoms with van der Waals surface area (Å²) < 4.78 is 86.5. The zero-order valence-electron chi connectivity index (χ0n) is 14.4. The molecule has 28 heavy (non-hydrogen) atoms. The van der Waals surface area contributed by atoms with E-state index in [0.717, 1.165) is 6.07 Å². The average Bonchev–Trinajstić information content (AvgIpc) is 2.61. The lowest BCUT2D eigenvalue weighted by atomic mass is 10.1. The van der Waals surface area contributed by atoms with Crippen LogP contribution in [-0.4, -0.2) is 24.9 Å². The van der Waals surface area contributed by atoms with Crippen LogP contribution in [0.4, 0.5) is 26.3 Å². The maximum atomic E-state index is 13.3. The van der Waals surface area contributed by atoms with E-state index in [4.69, 9.17) is 9.84 Å². The van der Waals surface area contributed by atoms with Gasteiger partial charge in [0.15, 0.2) is 11.5 Å². The number of benzene rings is 2. The molecule has 0 radical (unpaired) electrons. The summed E-state index contributed by atoms with van der Waals surface area (Å²) in [5, 5.41) is 11.6. The van der Waals surface area contributed by atoms with Crippen LogP contribution in [0.3, 0.4) is 0 Å². The van der Waals surface area contributed by atoms with Gasteiger partial charge in [0.1, 0.15) is 12.4 Å². The van der Waals surface area contributed by atoms with Crippen molar-refractivity contribution in [1.82, 2.24) is 5.32 Å². The third kappa shape index (κ3) is 6.31. The number of aliphatic hydroxyl groups excluding tert-OH is 1. The minimum absolute atomic E-state index is 0.000491. The second-order valence-corrected chi connectivity index (χ2v) is 5.66. The van der Waals surface area contributed by atoms with E-state index in [-0.39, 0.29) is 23.7 Å². The fraction of sp³-hybridized carbons (Fsp3) is 0.333. The number of ether oxygens (including phenoxy) is 2. The second kappa shape index (κ2) is 9.65. The Balaban J connectivity index is 2.19. The molecule has 10 heteroatoms. The van der Waals surface area contributed by atoms with E-state index < -0.39 is 30.8 Å². The Morgan fingerprint density at radius 1 is 1.00 bits per heavy atom. The first kappa shape index (κ1) is 21.8. The first-order valence-electron chi connectivity index (χ1n) is 8.08. The summed E-state index contributed by atoms with van der Waals surface area (Å²) in [5.74, 6) is -1.82. The third-order valence-electron chi connectivity index (χ3n) is 3.57. The maximum absolute atomic E-state index is 13.3. The van der Waals surface area contributed by atoms with Crippen LogP contribution in [0.15, 0.2) is 36.4 Å². The lowest BCUT2D eigenvalue weighted by Crippen LogP contribution is -2.17. The molecular formula is C18H17F6NO3. The largest absolute Gasteiger partial charge is 0.485 e. The highest BCUT2D eigenvalue weighted by atomic mass is 19.4. The molecule has 154 valence electrons. The van der Waals surface area contributed by atoms with Crippen LogP contribution in [-0.2, 0) is 19.3 Å². The summed E-state index contributed by atoms with van der Waals surface area (Å²) in [4.78, 5) is 0. The minimum Gasteiger partial charge on any atom is -0.485 e. The topological polar surface area (TPSA) is 50.7 Å². The Labute approximate surface area is 156 Å². The van der Waals surface area contributed by atoms with Crippen molar-refractivity contribution in [2.24, 2.45) is 0 Å². The van der Waals surface area contributed by atoms with Crippen molar-refractivity contribution in [3.8, 4) is 11.5 Å². The van der Waals surface area contributed by atoms with E-state index in [1.165, 1.54) is 18.2 Å². The highest BCUT2D eigenvalue weighted by Crippen LogP contribution is 2.33. The third-order valence-corrected chi connectivity index (χ3v) is 3.57. The molecule has 2 aromatic carbocycles. The van der Waals surface area contributed by atoms with Crippen LogP contribution in [0, 0.1) is 5.82 Å². The zero-order chi connectivity index (χ0) is 20.7. The normalized spacial score (nSPS) is 11.7. The molecule has 0 saturated heterocycles. The Morgan fingerprint density at radius 3 is 2.36 bits per heavy atom. The van der Waals surface area contributed by atoms with Gasteiger partial charge in [0.2, 0.25) is 0 Å². The van der Waals surface area contributed by atoms with Gasteiger partial charge < -0.3 is 19.9 Å². The maximum Gasteiger partial charge on any atom is 0.419 e. The quantitative estimate of drug-likeness (QED) is 0.484. The van der Waals surface area contributed by atoms with Crippen LogP contribution in [0.1, 0.15) is 16.7 Å². The summed E-state index contributed by atoms with van der Waals surface area (Å²) >= 11 is 0. The molecule has 0 aliphatic carbocycles. The molecule has 0 amide bonds. The molecule has 0 aliphatic rings. The molecule has 4 nitrogen and oxygen atoms in total. The van der Waals surface area contributed by atoms with Gasteiger partial charge in [-0.25, -0.2) is 4.39 Å². The lowest BCUT2D eigenvalue weighted by molar-refractivity contribution is -0.140. The smallest absolute Gasteiger partial charge is 0.419 e. The number of aliphatic hydroxyl groups is 1. The number of hydrogen-bond donors (Lipinski definition) is 2.